The summed E-state index contributed by atoms with van der Waals surface area (Å²) in [6.07, 6.45) is 1.36. The maximum Gasteiger partial charge on any atom is 0.244 e. The van der Waals surface area contributed by atoms with E-state index >= 15 is 0 Å². The standard InChI is InChI=1S/C17H16FN5O3S/c1-11(23-27(25,26)15-8-3-2-7-14(15)18)17(24)21-13-6-4-5-12(9-13)16-19-10-20-22-16/h2-11,23H,1H3,(H,21,24)(H,19,20,22)/t11-/m0/s1. The minimum atomic E-state index is -4.18. The van der Waals surface area contributed by atoms with Crippen LogP contribution in [0, 0.1) is 5.82 Å². The van der Waals surface area contributed by atoms with Crippen LogP contribution in [-0.2, 0) is 14.8 Å². The van der Waals surface area contributed by atoms with Crippen LogP contribution in [-0.4, -0.2) is 35.5 Å². The highest BCUT2D eigenvalue weighted by atomic mass is 32.2. The Hall–Kier alpha value is -3.11. The Kier molecular flexibility index (Phi) is 5.28. The molecule has 0 fully saturated rings. The van der Waals surface area contributed by atoms with Crippen molar-refractivity contribution in [2.75, 3.05) is 5.32 Å². The minimum absolute atomic E-state index is 0.450. The quantitative estimate of drug-likeness (QED) is 0.595. The summed E-state index contributed by atoms with van der Waals surface area (Å²) < 4.78 is 40.5. The van der Waals surface area contributed by atoms with E-state index in [1.54, 1.807) is 24.3 Å². The predicted octanol–water partition coefficient (Wildman–Crippen LogP) is 1.92. The first-order chi connectivity index (χ1) is 12.9. The summed E-state index contributed by atoms with van der Waals surface area (Å²) in [5.41, 5.74) is 1.15. The molecule has 0 aliphatic carbocycles. The molecule has 1 amide bonds. The van der Waals surface area contributed by atoms with Gasteiger partial charge in [-0.25, -0.2) is 17.8 Å². The van der Waals surface area contributed by atoms with Crippen molar-refractivity contribution in [1.82, 2.24) is 19.9 Å². The molecule has 0 saturated carbocycles. The fraction of sp³-hybridized carbons (Fsp3) is 0.118. The molecular formula is C17H16FN5O3S. The number of aromatic amines is 1. The van der Waals surface area contributed by atoms with Gasteiger partial charge in [0.15, 0.2) is 5.82 Å². The van der Waals surface area contributed by atoms with Crippen LogP contribution in [0.1, 0.15) is 6.92 Å². The average Bonchev–Trinajstić information content (AvgIpc) is 3.16. The molecule has 1 heterocycles. The van der Waals surface area contributed by atoms with Crippen molar-refractivity contribution in [3.05, 3.63) is 60.7 Å². The van der Waals surface area contributed by atoms with Crippen LogP contribution in [0.15, 0.2) is 59.8 Å². The fourth-order valence-corrected chi connectivity index (χ4v) is 3.63. The number of hydrogen-bond donors (Lipinski definition) is 3. The lowest BCUT2D eigenvalue weighted by Gasteiger charge is -2.15. The van der Waals surface area contributed by atoms with E-state index in [4.69, 9.17) is 0 Å². The summed E-state index contributed by atoms with van der Waals surface area (Å²) in [5.74, 6) is -0.957. The second kappa shape index (κ2) is 7.64. The molecule has 0 bridgehead atoms. The highest BCUT2D eigenvalue weighted by Crippen LogP contribution is 2.19. The van der Waals surface area contributed by atoms with Crippen molar-refractivity contribution < 1.29 is 17.6 Å². The molecule has 8 nitrogen and oxygen atoms in total. The van der Waals surface area contributed by atoms with Gasteiger partial charge in [-0.3, -0.25) is 9.89 Å². The molecule has 3 aromatic rings. The van der Waals surface area contributed by atoms with Crippen LogP contribution in [0.5, 0.6) is 0 Å². The molecule has 140 valence electrons. The van der Waals surface area contributed by atoms with E-state index in [-0.39, 0.29) is 0 Å². The Labute approximate surface area is 154 Å². The topological polar surface area (TPSA) is 117 Å². The van der Waals surface area contributed by atoms with E-state index in [2.05, 4.69) is 25.2 Å². The minimum Gasteiger partial charge on any atom is -0.325 e. The third-order valence-electron chi connectivity index (χ3n) is 3.67. The van der Waals surface area contributed by atoms with Gasteiger partial charge in [-0.1, -0.05) is 24.3 Å². The first kappa shape index (κ1) is 18.7. The highest BCUT2D eigenvalue weighted by molar-refractivity contribution is 7.89. The number of benzene rings is 2. The van der Waals surface area contributed by atoms with E-state index in [1.807, 2.05) is 0 Å². The second-order valence-electron chi connectivity index (χ2n) is 5.68. The molecule has 0 unspecified atom stereocenters. The molecule has 3 rings (SSSR count). The van der Waals surface area contributed by atoms with E-state index in [1.165, 1.54) is 25.4 Å². The molecular weight excluding hydrogens is 373 g/mol. The Bertz CT molecular complexity index is 1050. The van der Waals surface area contributed by atoms with Gasteiger partial charge >= 0.3 is 0 Å². The van der Waals surface area contributed by atoms with Crippen molar-refractivity contribution in [2.45, 2.75) is 17.9 Å². The van der Waals surface area contributed by atoms with Gasteiger partial charge in [0.2, 0.25) is 15.9 Å². The van der Waals surface area contributed by atoms with Crippen molar-refractivity contribution in [3.8, 4) is 11.4 Å². The second-order valence-corrected chi connectivity index (χ2v) is 7.36. The Morgan fingerprint density at radius 1 is 1.19 bits per heavy atom. The van der Waals surface area contributed by atoms with Crippen LogP contribution >= 0.6 is 0 Å². The first-order valence-corrected chi connectivity index (χ1v) is 9.38. The van der Waals surface area contributed by atoms with Gasteiger partial charge in [0.1, 0.15) is 17.0 Å². The summed E-state index contributed by atoms with van der Waals surface area (Å²) in [6.45, 7) is 1.37. The lowest BCUT2D eigenvalue weighted by Crippen LogP contribution is -2.41. The van der Waals surface area contributed by atoms with E-state index in [0.29, 0.717) is 17.1 Å². The van der Waals surface area contributed by atoms with Crippen molar-refractivity contribution in [3.63, 3.8) is 0 Å². The maximum absolute atomic E-state index is 13.7. The zero-order valence-electron chi connectivity index (χ0n) is 14.2. The number of anilines is 1. The summed E-state index contributed by atoms with van der Waals surface area (Å²) in [7, 11) is -4.18. The van der Waals surface area contributed by atoms with Crippen molar-refractivity contribution >= 4 is 21.6 Å². The normalized spacial score (nSPS) is 12.5. The zero-order valence-corrected chi connectivity index (χ0v) is 15.0. The van der Waals surface area contributed by atoms with Gasteiger partial charge in [0.25, 0.3) is 0 Å². The predicted molar refractivity (Wildman–Crippen MR) is 96.6 cm³/mol. The summed E-state index contributed by atoms with van der Waals surface area (Å²) in [4.78, 5) is 15.8. The number of amides is 1. The van der Waals surface area contributed by atoms with Crippen LogP contribution in [0.3, 0.4) is 0 Å². The molecule has 3 N–H and O–H groups in total. The fourth-order valence-electron chi connectivity index (χ4n) is 2.35. The van der Waals surface area contributed by atoms with E-state index in [0.717, 1.165) is 12.1 Å². The Balaban J connectivity index is 1.71. The largest absolute Gasteiger partial charge is 0.325 e. The van der Waals surface area contributed by atoms with Gasteiger partial charge < -0.3 is 5.32 Å². The SMILES string of the molecule is C[C@H](NS(=O)(=O)c1ccccc1F)C(=O)Nc1cccc(-c2ncn[nH]2)c1. The number of rotatable bonds is 6. The highest BCUT2D eigenvalue weighted by Gasteiger charge is 2.24. The Morgan fingerprint density at radius 2 is 1.96 bits per heavy atom. The summed E-state index contributed by atoms with van der Waals surface area (Å²) in [6, 6.07) is 10.6. The van der Waals surface area contributed by atoms with Crippen LogP contribution in [0.25, 0.3) is 11.4 Å². The van der Waals surface area contributed by atoms with Gasteiger partial charge in [-0.2, -0.15) is 9.82 Å². The molecule has 1 atom stereocenters. The molecule has 0 radical (unpaired) electrons. The molecule has 10 heteroatoms. The first-order valence-electron chi connectivity index (χ1n) is 7.90. The van der Waals surface area contributed by atoms with Gasteiger partial charge in [0, 0.05) is 11.3 Å². The van der Waals surface area contributed by atoms with Crippen molar-refractivity contribution in [2.24, 2.45) is 0 Å². The molecule has 0 aliphatic heterocycles. The average molecular weight is 389 g/mol. The number of H-pyrrole nitrogens is 1. The lowest BCUT2D eigenvalue weighted by atomic mass is 10.2. The third kappa shape index (κ3) is 4.36. The smallest absolute Gasteiger partial charge is 0.244 e. The number of halogens is 1. The zero-order chi connectivity index (χ0) is 19.4. The van der Waals surface area contributed by atoms with E-state index < -0.39 is 32.7 Å². The Morgan fingerprint density at radius 3 is 2.67 bits per heavy atom. The number of nitrogens with zero attached hydrogens (tertiary/aromatic N) is 2. The molecule has 0 saturated heterocycles. The lowest BCUT2D eigenvalue weighted by molar-refractivity contribution is -0.117. The van der Waals surface area contributed by atoms with Gasteiger partial charge in [-0.05, 0) is 31.2 Å². The van der Waals surface area contributed by atoms with Crippen molar-refractivity contribution in [1.29, 1.82) is 0 Å². The summed E-state index contributed by atoms with van der Waals surface area (Å²) >= 11 is 0. The number of nitrogens with one attached hydrogen (secondary N) is 3. The number of aromatic nitrogens is 3. The molecule has 0 spiro atoms. The maximum atomic E-state index is 13.7. The van der Waals surface area contributed by atoms with Crippen LogP contribution < -0.4 is 10.0 Å². The molecule has 27 heavy (non-hydrogen) atoms. The van der Waals surface area contributed by atoms with E-state index in [9.17, 15) is 17.6 Å². The summed E-state index contributed by atoms with van der Waals surface area (Å²) in [5, 5.41) is 9.08. The molecule has 1 aromatic heterocycles. The molecule has 2 aromatic carbocycles. The monoisotopic (exact) mass is 389 g/mol. The number of hydrogen-bond acceptors (Lipinski definition) is 5. The number of carbonyl (C=O) groups excluding carboxylic acids is 1. The molecule has 0 aliphatic rings. The number of carbonyl (C=O) groups is 1. The van der Waals surface area contributed by atoms with Gasteiger partial charge in [-0.15, -0.1) is 0 Å². The third-order valence-corrected chi connectivity index (χ3v) is 5.24. The van der Waals surface area contributed by atoms with Crippen LogP contribution in [0.2, 0.25) is 0 Å². The van der Waals surface area contributed by atoms with Gasteiger partial charge in [0.05, 0.1) is 6.04 Å². The number of sulfonamides is 1. The van der Waals surface area contributed by atoms with Crippen LogP contribution in [0.4, 0.5) is 10.1 Å².